The fourth-order valence-corrected chi connectivity index (χ4v) is 4.64. The maximum absolute atomic E-state index is 6.43. The lowest BCUT2D eigenvalue weighted by molar-refractivity contribution is 0.474. The van der Waals surface area contributed by atoms with Crippen LogP contribution in [0.1, 0.15) is 48.6 Å². The highest BCUT2D eigenvalue weighted by Gasteiger charge is 2.30. The van der Waals surface area contributed by atoms with Gasteiger partial charge in [-0.15, -0.1) is 0 Å². The maximum atomic E-state index is 6.43. The average molecular weight is 423 g/mol. The number of hydrogen-bond acceptors (Lipinski definition) is 3. The van der Waals surface area contributed by atoms with Crippen LogP contribution >= 0.6 is 0 Å². The van der Waals surface area contributed by atoms with Crippen molar-refractivity contribution in [1.29, 1.82) is 0 Å². The molecular formula is C29H30N2O. The minimum atomic E-state index is 0.0952. The van der Waals surface area contributed by atoms with Crippen LogP contribution in [-0.2, 0) is 5.41 Å². The molecule has 0 saturated carbocycles. The lowest BCUT2D eigenvalue weighted by atomic mass is 9.84. The van der Waals surface area contributed by atoms with E-state index in [9.17, 15) is 0 Å². The second kappa shape index (κ2) is 7.09. The molecular weight excluding hydrogens is 392 g/mol. The van der Waals surface area contributed by atoms with Gasteiger partial charge in [-0.25, -0.2) is 4.98 Å². The molecule has 3 aromatic carbocycles. The molecule has 0 spiro atoms. The minimum Gasteiger partial charge on any atom is -0.451 e. The third kappa shape index (κ3) is 3.24. The van der Waals surface area contributed by atoms with E-state index in [1.54, 1.807) is 0 Å². The Morgan fingerprint density at radius 2 is 1.50 bits per heavy atom. The van der Waals surface area contributed by atoms with Crippen molar-refractivity contribution in [1.82, 2.24) is 4.98 Å². The third-order valence-electron chi connectivity index (χ3n) is 6.39. The van der Waals surface area contributed by atoms with Crippen molar-refractivity contribution in [3.05, 3.63) is 82.4 Å². The first-order valence-electron chi connectivity index (χ1n) is 11.2. The largest absolute Gasteiger partial charge is 0.451 e. The van der Waals surface area contributed by atoms with E-state index < -0.39 is 0 Å². The number of aryl methyl sites for hydroxylation is 4. The summed E-state index contributed by atoms with van der Waals surface area (Å²) in [4.78, 5) is 7.39. The zero-order valence-corrected chi connectivity index (χ0v) is 20.0. The highest BCUT2D eigenvalue weighted by molar-refractivity contribution is 5.93. The van der Waals surface area contributed by atoms with E-state index in [0.717, 1.165) is 33.9 Å². The topological polar surface area (TPSA) is 25.4 Å². The molecule has 0 aliphatic carbocycles. The number of ether oxygens (including phenoxy) is 1. The number of benzene rings is 3. The summed E-state index contributed by atoms with van der Waals surface area (Å²) < 4.78 is 6.43. The van der Waals surface area contributed by atoms with Gasteiger partial charge in [0.05, 0.1) is 16.9 Å². The van der Waals surface area contributed by atoms with Crippen molar-refractivity contribution in [2.24, 2.45) is 0 Å². The smallest absolute Gasteiger partial charge is 0.181 e. The molecule has 0 atom stereocenters. The van der Waals surface area contributed by atoms with E-state index >= 15 is 0 Å². The molecule has 4 aromatic rings. The van der Waals surface area contributed by atoms with Gasteiger partial charge in [0.1, 0.15) is 0 Å². The van der Waals surface area contributed by atoms with Gasteiger partial charge in [0.15, 0.2) is 17.3 Å². The van der Waals surface area contributed by atoms with E-state index in [1.165, 1.54) is 33.5 Å². The Kier molecular flexibility index (Phi) is 4.56. The highest BCUT2D eigenvalue weighted by Crippen LogP contribution is 2.52. The number of anilines is 3. The maximum Gasteiger partial charge on any atom is 0.181 e. The number of fused-ring (bicyclic) bond motifs is 3. The summed E-state index contributed by atoms with van der Waals surface area (Å²) in [5.41, 5.74) is 9.46. The molecule has 2 heterocycles. The van der Waals surface area contributed by atoms with Crippen LogP contribution in [0, 0.1) is 27.7 Å². The quantitative estimate of drug-likeness (QED) is 0.271. The third-order valence-corrected chi connectivity index (χ3v) is 6.39. The van der Waals surface area contributed by atoms with Gasteiger partial charge < -0.3 is 4.74 Å². The van der Waals surface area contributed by atoms with Crippen LogP contribution in [0.5, 0.6) is 11.5 Å². The Balaban J connectivity index is 1.81. The molecule has 1 aliphatic heterocycles. The average Bonchev–Trinajstić information content (AvgIpc) is 2.71. The van der Waals surface area contributed by atoms with Crippen molar-refractivity contribution < 1.29 is 4.74 Å². The summed E-state index contributed by atoms with van der Waals surface area (Å²) in [6.07, 6.45) is 0. The monoisotopic (exact) mass is 422 g/mol. The molecule has 32 heavy (non-hydrogen) atoms. The fraction of sp³-hybridized carbons (Fsp3) is 0.276. The predicted octanol–water partition coefficient (Wildman–Crippen LogP) is 8.34. The standard InChI is InChI=1S/C29H30N2O/c1-17-11-12-24-25(13-17)32-26-16-22-18(2)9-8-10-23(22)30-28(26)31(24)27-19(3)14-21(15-20(27)4)29(5,6)7/h8-16H,1-7H3. The number of pyridine rings is 1. The van der Waals surface area contributed by atoms with Crippen molar-refractivity contribution in [3.8, 4) is 11.5 Å². The summed E-state index contributed by atoms with van der Waals surface area (Å²) in [6, 6.07) is 19.4. The van der Waals surface area contributed by atoms with E-state index in [4.69, 9.17) is 9.72 Å². The van der Waals surface area contributed by atoms with E-state index in [2.05, 4.69) is 108 Å². The van der Waals surface area contributed by atoms with Crippen LogP contribution < -0.4 is 9.64 Å². The van der Waals surface area contributed by atoms with Crippen molar-refractivity contribution in [2.75, 3.05) is 4.90 Å². The van der Waals surface area contributed by atoms with Gasteiger partial charge in [-0.2, -0.15) is 0 Å². The van der Waals surface area contributed by atoms with Gasteiger partial charge in [0.2, 0.25) is 0 Å². The van der Waals surface area contributed by atoms with Gasteiger partial charge in [-0.05, 0) is 85.2 Å². The molecule has 3 nitrogen and oxygen atoms in total. The first-order chi connectivity index (χ1) is 15.1. The molecule has 0 amide bonds. The van der Waals surface area contributed by atoms with Gasteiger partial charge in [0.25, 0.3) is 0 Å². The molecule has 0 bridgehead atoms. The summed E-state index contributed by atoms with van der Waals surface area (Å²) in [7, 11) is 0. The Bertz CT molecular complexity index is 1360. The highest BCUT2D eigenvalue weighted by atomic mass is 16.5. The zero-order chi connectivity index (χ0) is 22.8. The Morgan fingerprint density at radius 3 is 2.19 bits per heavy atom. The summed E-state index contributed by atoms with van der Waals surface area (Å²) in [5.74, 6) is 2.50. The van der Waals surface area contributed by atoms with Gasteiger partial charge >= 0.3 is 0 Å². The molecule has 1 aromatic heterocycles. The number of rotatable bonds is 1. The van der Waals surface area contributed by atoms with Crippen molar-refractivity contribution in [3.63, 3.8) is 0 Å². The summed E-state index contributed by atoms with van der Waals surface area (Å²) in [6.45, 7) is 15.4. The molecule has 3 heteroatoms. The van der Waals surface area contributed by atoms with Gasteiger partial charge in [-0.3, -0.25) is 4.90 Å². The molecule has 162 valence electrons. The number of aromatic nitrogens is 1. The lowest BCUT2D eigenvalue weighted by Crippen LogP contribution is -2.20. The molecule has 5 rings (SSSR count). The normalized spacial score (nSPS) is 13.0. The first-order valence-corrected chi connectivity index (χ1v) is 11.2. The minimum absolute atomic E-state index is 0.0952. The second-order valence-corrected chi connectivity index (χ2v) is 10.1. The molecule has 0 unspecified atom stereocenters. The van der Waals surface area contributed by atoms with Crippen LogP contribution in [0.15, 0.2) is 54.6 Å². The second-order valence-electron chi connectivity index (χ2n) is 10.1. The Hall–Kier alpha value is -3.33. The van der Waals surface area contributed by atoms with E-state index in [1.807, 2.05) is 0 Å². The van der Waals surface area contributed by atoms with Gasteiger partial charge in [-0.1, -0.05) is 51.1 Å². The van der Waals surface area contributed by atoms with Crippen LogP contribution in [0.2, 0.25) is 0 Å². The van der Waals surface area contributed by atoms with Crippen LogP contribution in [0.3, 0.4) is 0 Å². The Labute approximate surface area is 190 Å². The molecule has 0 radical (unpaired) electrons. The number of hydrogen-bond donors (Lipinski definition) is 0. The van der Waals surface area contributed by atoms with Crippen molar-refractivity contribution >= 4 is 28.1 Å². The van der Waals surface area contributed by atoms with E-state index in [-0.39, 0.29) is 5.41 Å². The zero-order valence-electron chi connectivity index (χ0n) is 20.0. The van der Waals surface area contributed by atoms with Crippen LogP contribution in [0.25, 0.3) is 10.9 Å². The first kappa shape index (κ1) is 20.6. The SMILES string of the molecule is Cc1ccc2c(c1)Oc1cc3c(C)cccc3nc1N2c1c(C)cc(C(C)(C)C)cc1C. The molecule has 0 saturated heterocycles. The predicted molar refractivity (Wildman–Crippen MR) is 134 cm³/mol. The molecule has 0 N–H and O–H groups in total. The van der Waals surface area contributed by atoms with Crippen LogP contribution in [0.4, 0.5) is 17.2 Å². The van der Waals surface area contributed by atoms with E-state index in [0.29, 0.717) is 0 Å². The summed E-state index contributed by atoms with van der Waals surface area (Å²) in [5, 5.41) is 1.12. The van der Waals surface area contributed by atoms with Crippen molar-refractivity contribution in [2.45, 2.75) is 53.9 Å². The molecule has 0 fully saturated rings. The fourth-order valence-electron chi connectivity index (χ4n) is 4.64. The van der Waals surface area contributed by atoms with Crippen LogP contribution in [-0.4, -0.2) is 4.98 Å². The molecule has 1 aliphatic rings. The Morgan fingerprint density at radius 1 is 0.781 bits per heavy atom. The number of nitrogens with zero attached hydrogens (tertiary/aromatic N) is 2. The lowest BCUT2D eigenvalue weighted by Gasteiger charge is -2.35. The van der Waals surface area contributed by atoms with Gasteiger partial charge in [0, 0.05) is 5.39 Å². The summed E-state index contributed by atoms with van der Waals surface area (Å²) >= 11 is 0.